The fraction of sp³-hybridized carbons (Fsp3) is 0.462. The van der Waals surface area contributed by atoms with Gasteiger partial charge in [0.2, 0.25) is 0 Å². The number of rotatable bonds is 2. The molecule has 5 heteroatoms. The first kappa shape index (κ1) is 11.3. The van der Waals surface area contributed by atoms with Crippen LogP contribution in [-0.4, -0.2) is 26.4 Å². The third-order valence-corrected chi connectivity index (χ3v) is 3.10. The molecule has 94 valence electrons. The maximum atomic E-state index is 5.67. The minimum atomic E-state index is 0.0328. The number of hydrogen-bond donors (Lipinski definition) is 0. The van der Waals surface area contributed by atoms with Crippen LogP contribution in [-0.2, 0) is 4.74 Å². The van der Waals surface area contributed by atoms with Gasteiger partial charge in [0, 0.05) is 12.8 Å². The first-order valence-corrected chi connectivity index (χ1v) is 6.29. The van der Waals surface area contributed by atoms with E-state index in [4.69, 9.17) is 4.74 Å². The van der Waals surface area contributed by atoms with Crippen LogP contribution in [0.3, 0.4) is 0 Å². The molecule has 0 aromatic carbocycles. The largest absolute Gasteiger partial charge is 0.356 e. The minimum Gasteiger partial charge on any atom is -0.356 e. The topological polar surface area (TPSA) is 52.8 Å². The van der Waals surface area contributed by atoms with E-state index in [1.807, 2.05) is 25.3 Å². The third kappa shape index (κ3) is 2.26. The molecule has 1 saturated heterocycles. The zero-order valence-corrected chi connectivity index (χ0v) is 10.4. The Morgan fingerprint density at radius 2 is 2.22 bits per heavy atom. The highest BCUT2D eigenvalue weighted by molar-refractivity contribution is 5.47. The summed E-state index contributed by atoms with van der Waals surface area (Å²) >= 11 is 0. The van der Waals surface area contributed by atoms with Crippen LogP contribution < -0.4 is 0 Å². The van der Waals surface area contributed by atoms with Crippen molar-refractivity contribution in [2.24, 2.45) is 0 Å². The molecule has 5 nitrogen and oxygen atoms in total. The molecular weight excluding hydrogens is 228 g/mol. The summed E-state index contributed by atoms with van der Waals surface area (Å²) in [6.07, 6.45) is 6.91. The molecule has 0 saturated carbocycles. The fourth-order valence-corrected chi connectivity index (χ4v) is 2.06. The normalized spacial score (nSPS) is 19.9. The molecule has 0 N–H and O–H groups in total. The summed E-state index contributed by atoms with van der Waals surface area (Å²) in [6, 6.07) is 3.96. The number of nitrogens with zero attached hydrogens (tertiary/aromatic N) is 4. The lowest BCUT2D eigenvalue weighted by Crippen LogP contribution is -2.18. The van der Waals surface area contributed by atoms with Crippen molar-refractivity contribution in [2.45, 2.75) is 32.4 Å². The Morgan fingerprint density at radius 3 is 2.94 bits per heavy atom. The summed E-state index contributed by atoms with van der Waals surface area (Å²) in [6.45, 7) is 2.82. The average Bonchev–Trinajstić information content (AvgIpc) is 2.90. The second-order valence-corrected chi connectivity index (χ2v) is 4.59. The smallest absolute Gasteiger partial charge is 0.199 e. The molecule has 0 aliphatic carbocycles. The highest BCUT2D eigenvalue weighted by Crippen LogP contribution is 2.22. The average molecular weight is 244 g/mol. The van der Waals surface area contributed by atoms with Crippen molar-refractivity contribution in [3.05, 3.63) is 30.2 Å². The van der Waals surface area contributed by atoms with Crippen molar-refractivity contribution < 1.29 is 4.74 Å². The Balaban J connectivity index is 1.82. The summed E-state index contributed by atoms with van der Waals surface area (Å²) in [5.41, 5.74) is 1.93. The third-order valence-electron chi connectivity index (χ3n) is 3.10. The van der Waals surface area contributed by atoms with Crippen molar-refractivity contribution in [2.75, 3.05) is 6.61 Å². The van der Waals surface area contributed by atoms with Crippen LogP contribution in [0.1, 0.15) is 31.1 Å². The Hall–Kier alpha value is -1.75. The van der Waals surface area contributed by atoms with E-state index in [0.717, 1.165) is 30.7 Å². The Bertz CT molecular complexity index is 514. The van der Waals surface area contributed by atoms with E-state index in [1.165, 1.54) is 6.42 Å². The molecule has 1 aliphatic rings. The predicted octanol–water partition coefficient (Wildman–Crippen LogP) is 2.35. The summed E-state index contributed by atoms with van der Waals surface area (Å²) in [5.74, 6) is 0.657. The number of pyridine rings is 1. The van der Waals surface area contributed by atoms with E-state index < -0.39 is 0 Å². The summed E-state index contributed by atoms with van der Waals surface area (Å²) < 4.78 is 7.47. The predicted molar refractivity (Wildman–Crippen MR) is 66.8 cm³/mol. The van der Waals surface area contributed by atoms with Gasteiger partial charge >= 0.3 is 0 Å². The van der Waals surface area contributed by atoms with Gasteiger partial charge in [0.05, 0.1) is 0 Å². The summed E-state index contributed by atoms with van der Waals surface area (Å²) in [4.78, 5) is 8.63. The lowest BCUT2D eigenvalue weighted by molar-refractivity contribution is -0.0395. The van der Waals surface area contributed by atoms with Gasteiger partial charge in [-0.3, -0.25) is 4.98 Å². The molecule has 2 aromatic heterocycles. The second kappa shape index (κ2) is 4.86. The van der Waals surface area contributed by atoms with E-state index in [1.54, 1.807) is 11.0 Å². The second-order valence-electron chi connectivity index (χ2n) is 4.59. The molecule has 0 spiro atoms. The lowest BCUT2D eigenvalue weighted by atomic mass is 10.2. The van der Waals surface area contributed by atoms with Gasteiger partial charge in [-0.1, -0.05) is 6.07 Å². The van der Waals surface area contributed by atoms with Crippen LogP contribution in [0.25, 0.3) is 11.5 Å². The van der Waals surface area contributed by atoms with Crippen molar-refractivity contribution in [1.82, 2.24) is 19.7 Å². The molecule has 3 rings (SSSR count). The number of aromatic nitrogens is 4. The van der Waals surface area contributed by atoms with Gasteiger partial charge < -0.3 is 4.74 Å². The van der Waals surface area contributed by atoms with Crippen LogP contribution >= 0.6 is 0 Å². The maximum Gasteiger partial charge on any atom is 0.199 e. The monoisotopic (exact) mass is 244 g/mol. The molecule has 3 heterocycles. The van der Waals surface area contributed by atoms with E-state index in [9.17, 15) is 0 Å². The highest BCUT2D eigenvalue weighted by Gasteiger charge is 2.17. The molecule has 1 unspecified atom stereocenters. The number of aryl methyl sites for hydroxylation is 1. The minimum absolute atomic E-state index is 0.0328. The van der Waals surface area contributed by atoms with Crippen LogP contribution in [0.15, 0.2) is 24.7 Å². The first-order chi connectivity index (χ1) is 8.83. The standard InChI is InChI=1S/C13H16N4O/c1-10-5-6-11(14-8-10)13-15-9-17(16-13)12-4-2-3-7-18-12/h5-6,8-9,12H,2-4,7H2,1H3. The van der Waals surface area contributed by atoms with Crippen LogP contribution in [0, 0.1) is 6.92 Å². The van der Waals surface area contributed by atoms with Crippen molar-refractivity contribution in [3.8, 4) is 11.5 Å². The van der Waals surface area contributed by atoms with Gasteiger partial charge in [0.15, 0.2) is 12.1 Å². The fourth-order valence-electron chi connectivity index (χ4n) is 2.06. The highest BCUT2D eigenvalue weighted by atomic mass is 16.5. The summed E-state index contributed by atoms with van der Waals surface area (Å²) in [5, 5.41) is 4.45. The molecular formula is C13H16N4O. The molecule has 2 aromatic rings. The molecule has 0 amide bonds. The van der Waals surface area contributed by atoms with Crippen molar-refractivity contribution >= 4 is 0 Å². The van der Waals surface area contributed by atoms with E-state index >= 15 is 0 Å². The van der Waals surface area contributed by atoms with Gasteiger partial charge in [-0.25, -0.2) is 9.67 Å². The quantitative estimate of drug-likeness (QED) is 0.813. The van der Waals surface area contributed by atoms with Crippen molar-refractivity contribution in [3.63, 3.8) is 0 Å². The van der Waals surface area contributed by atoms with Crippen LogP contribution in [0.4, 0.5) is 0 Å². The van der Waals surface area contributed by atoms with E-state index in [-0.39, 0.29) is 6.23 Å². The van der Waals surface area contributed by atoms with Gasteiger partial charge in [-0.2, -0.15) is 0 Å². The summed E-state index contributed by atoms with van der Waals surface area (Å²) in [7, 11) is 0. The SMILES string of the molecule is Cc1ccc(-c2ncn(C3CCCCO3)n2)nc1. The zero-order chi connectivity index (χ0) is 12.4. The Kier molecular flexibility index (Phi) is 3.06. The van der Waals surface area contributed by atoms with Gasteiger partial charge in [0.1, 0.15) is 12.0 Å². The molecule has 1 aliphatic heterocycles. The van der Waals surface area contributed by atoms with Crippen molar-refractivity contribution in [1.29, 1.82) is 0 Å². The van der Waals surface area contributed by atoms with E-state index in [0.29, 0.717) is 5.82 Å². The molecule has 1 atom stereocenters. The van der Waals surface area contributed by atoms with Gasteiger partial charge in [-0.05, 0) is 37.8 Å². The molecule has 1 fully saturated rings. The van der Waals surface area contributed by atoms with Crippen LogP contribution in [0.5, 0.6) is 0 Å². The van der Waals surface area contributed by atoms with E-state index in [2.05, 4.69) is 15.1 Å². The molecule has 18 heavy (non-hydrogen) atoms. The zero-order valence-electron chi connectivity index (χ0n) is 10.4. The Morgan fingerprint density at radius 1 is 1.28 bits per heavy atom. The first-order valence-electron chi connectivity index (χ1n) is 6.29. The lowest BCUT2D eigenvalue weighted by Gasteiger charge is -2.21. The van der Waals surface area contributed by atoms with Gasteiger partial charge in [-0.15, -0.1) is 5.10 Å². The number of ether oxygens (including phenoxy) is 1. The molecule has 0 radical (unpaired) electrons. The van der Waals surface area contributed by atoms with Gasteiger partial charge in [0.25, 0.3) is 0 Å². The Labute approximate surface area is 106 Å². The number of hydrogen-bond acceptors (Lipinski definition) is 4. The maximum absolute atomic E-state index is 5.67. The van der Waals surface area contributed by atoms with Crippen LogP contribution in [0.2, 0.25) is 0 Å². The molecule has 0 bridgehead atoms.